The lowest BCUT2D eigenvalue weighted by molar-refractivity contribution is 0.0686. The summed E-state index contributed by atoms with van der Waals surface area (Å²) in [7, 11) is 0. The Labute approximate surface area is 122 Å². The zero-order chi connectivity index (χ0) is 14.1. The number of pyridine rings is 1. The molecule has 1 N–H and O–H groups in total. The zero-order valence-corrected chi connectivity index (χ0v) is 12.0. The first-order valence-corrected chi connectivity index (χ1v) is 7.79. The van der Waals surface area contributed by atoms with Crippen LogP contribution in [0.4, 0.5) is 0 Å². The molecule has 0 amide bonds. The summed E-state index contributed by atoms with van der Waals surface area (Å²) in [4.78, 5) is 15.8. The van der Waals surface area contributed by atoms with Crippen molar-refractivity contribution < 1.29 is 9.90 Å². The second kappa shape index (κ2) is 5.29. The predicted molar refractivity (Wildman–Crippen MR) is 80.4 cm³/mol. The number of aromatic carboxylic acids is 1. The van der Waals surface area contributed by atoms with Gasteiger partial charge >= 0.3 is 5.97 Å². The van der Waals surface area contributed by atoms with Crippen molar-refractivity contribution in [3.8, 4) is 11.1 Å². The number of rotatable bonds is 4. The van der Waals surface area contributed by atoms with Gasteiger partial charge in [-0.2, -0.15) is 0 Å². The first-order chi connectivity index (χ1) is 9.69. The minimum atomic E-state index is -0.981. The molecular weight excluding hydrogens is 270 g/mol. The van der Waals surface area contributed by atoms with Gasteiger partial charge in [0, 0.05) is 16.7 Å². The lowest BCUT2D eigenvalue weighted by Gasteiger charge is -2.07. The van der Waals surface area contributed by atoms with E-state index in [4.69, 9.17) is 5.11 Å². The summed E-state index contributed by atoms with van der Waals surface area (Å²) in [6.45, 7) is 0. The molecule has 20 heavy (non-hydrogen) atoms. The summed E-state index contributed by atoms with van der Waals surface area (Å²) in [6, 6.07) is 10.4. The summed E-state index contributed by atoms with van der Waals surface area (Å²) >= 11 is 1.41. The molecule has 0 unspecified atom stereocenters. The molecule has 0 spiro atoms. The molecule has 1 aromatic carbocycles. The highest BCUT2D eigenvalue weighted by atomic mass is 32.2. The van der Waals surface area contributed by atoms with Crippen molar-refractivity contribution in [3.05, 3.63) is 47.8 Å². The van der Waals surface area contributed by atoms with Crippen LogP contribution in [0.2, 0.25) is 0 Å². The van der Waals surface area contributed by atoms with Crippen molar-refractivity contribution >= 4 is 17.7 Å². The average molecular weight is 285 g/mol. The predicted octanol–water partition coefficient (Wildman–Crippen LogP) is 4.05. The maximum absolute atomic E-state index is 11.1. The van der Waals surface area contributed by atoms with Crippen molar-refractivity contribution in [1.29, 1.82) is 0 Å². The molecule has 1 aromatic heterocycles. The van der Waals surface area contributed by atoms with Crippen LogP contribution in [0, 0.1) is 0 Å². The number of benzene rings is 1. The van der Waals surface area contributed by atoms with Gasteiger partial charge < -0.3 is 5.11 Å². The Morgan fingerprint density at radius 2 is 1.95 bits per heavy atom. The highest BCUT2D eigenvalue weighted by molar-refractivity contribution is 7.98. The molecule has 0 saturated heterocycles. The van der Waals surface area contributed by atoms with Crippen molar-refractivity contribution in [2.75, 3.05) is 6.26 Å². The number of carbonyl (C=O) groups is 1. The number of aromatic nitrogens is 1. The first kappa shape index (κ1) is 13.2. The Morgan fingerprint density at radius 3 is 2.50 bits per heavy atom. The second-order valence-corrected chi connectivity index (χ2v) is 5.82. The third kappa shape index (κ3) is 2.56. The van der Waals surface area contributed by atoms with E-state index >= 15 is 0 Å². The molecule has 1 aliphatic rings. The second-order valence-electron chi connectivity index (χ2n) is 4.98. The molecule has 2 aromatic rings. The third-order valence-electron chi connectivity index (χ3n) is 3.57. The van der Waals surface area contributed by atoms with E-state index in [0.29, 0.717) is 4.90 Å². The summed E-state index contributed by atoms with van der Waals surface area (Å²) in [5.41, 5.74) is 3.56. The van der Waals surface area contributed by atoms with Gasteiger partial charge in [-0.05, 0) is 42.2 Å². The molecule has 0 atom stereocenters. The Morgan fingerprint density at radius 1 is 1.25 bits per heavy atom. The smallest absolute Gasteiger partial charge is 0.355 e. The van der Waals surface area contributed by atoms with Gasteiger partial charge in [0.05, 0.1) is 0 Å². The van der Waals surface area contributed by atoms with E-state index in [2.05, 4.69) is 29.2 Å². The molecule has 0 radical (unpaired) electrons. The van der Waals surface area contributed by atoms with Gasteiger partial charge in [0.25, 0.3) is 0 Å². The van der Waals surface area contributed by atoms with Crippen LogP contribution in [0.1, 0.15) is 34.8 Å². The van der Waals surface area contributed by atoms with E-state index < -0.39 is 5.97 Å². The third-order valence-corrected chi connectivity index (χ3v) is 4.32. The lowest BCUT2D eigenvalue weighted by Crippen LogP contribution is -2.02. The van der Waals surface area contributed by atoms with Gasteiger partial charge in [0.1, 0.15) is 0 Å². The van der Waals surface area contributed by atoms with Crippen LogP contribution in [0.5, 0.6) is 0 Å². The zero-order valence-electron chi connectivity index (χ0n) is 11.2. The summed E-state index contributed by atoms with van der Waals surface area (Å²) in [5, 5.41) is 9.09. The fourth-order valence-electron chi connectivity index (χ4n) is 2.28. The minimum absolute atomic E-state index is 0.121. The molecule has 1 aliphatic carbocycles. The highest BCUT2D eigenvalue weighted by Gasteiger charge is 2.23. The Bertz CT molecular complexity index is 648. The standard InChI is InChI=1S/C16H15NO2S/c1-20-14-8-13(9-17-15(14)16(18)19)12-6-4-11(5-7-12)10-2-3-10/h4-10H,2-3H2,1H3,(H,18,19). The van der Waals surface area contributed by atoms with Crippen LogP contribution in [0.25, 0.3) is 11.1 Å². The molecule has 3 nitrogen and oxygen atoms in total. The van der Waals surface area contributed by atoms with Gasteiger partial charge in [0.2, 0.25) is 0 Å². The van der Waals surface area contributed by atoms with Gasteiger partial charge in [0.15, 0.2) is 5.69 Å². The van der Waals surface area contributed by atoms with Crippen molar-refractivity contribution in [1.82, 2.24) is 4.98 Å². The number of carboxylic acid groups (broad SMARTS) is 1. The van der Waals surface area contributed by atoms with Crippen LogP contribution in [0.3, 0.4) is 0 Å². The SMILES string of the molecule is CSc1cc(-c2ccc(C3CC3)cc2)cnc1C(=O)O. The summed E-state index contributed by atoms with van der Waals surface area (Å²) in [5.74, 6) is -0.233. The molecule has 102 valence electrons. The summed E-state index contributed by atoms with van der Waals surface area (Å²) in [6.07, 6.45) is 6.09. The number of hydrogen-bond donors (Lipinski definition) is 1. The number of carboxylic acids is 1. The topological polar surface area (TPSA) is 50.2 Å². The van der Waals surface area contributed by atoms with Crippen molar-refractivity contribution in [2.24, 2.45) is 0 Å². The van der Waals surface area contributed by atoms with Crippen molar-refractivity contribution in [2.45, 2.75) is 23.7 Å². The molecule has 1 saturated carbocycles. The maximum Gasteiger partial charge on any atom is 0.355 e. The molecule has 4 heteroatoms. The van der Waals surface area contributed by atoms with Gasteiger partial charge in [-0.15, -0.1) is 11.8 Å². The lowest BCUT2D eigenvalue weighted by atomic mass is 10.0. The molecule has 0 aliphatic heterocycles. The largest absolute Gasteiger partial charge is 0.476 e. The molecule has 0 bridgehead atoms. The number of nitrogens with zero attached hydrogens (tertiary/aromatic N) is 1. The van der Waals surface area contributed by atoms with Crippen molar-refractivity contribution in [3.63, 3.8) is 0 Å². The monoisotopic (exact) mass is 285 g/mol. The molecule has 1 fully saturated rings. The van der Waals surface area contributed by atoms with E-state index in [1.165, 1.54) is 30.2 Å². The van der Waals surface area contributed by atoms with Crippen LogP contribution < -0.4 is 0 Å². The van der Waals surface area contributed by atoms with E-state index in [1.807, 2.05) is 12.3 Å². The van der Waals surface area contributed by atoms with Crippen LogP contribution in [0.15, 0.2) is 41.4 Å². The quantitative estimate of drug-likeness (QED) is 0.861. The number of thioether (sulfide) groups is 1. The Hall–Kier alpha value is -1.81. The Kier molecular flexibility index (Phi) is 3.49. The van der Waals surface area contributed by atoms with Crippen LogP contribution in [-0.2, 0) is 0 Å². The van der Waals surface area contributed by atoms with E-state index in [0.717, 1.165) is 17.0 Å². The molecule has 1 heterocycles. The average Bonchev–Trinajstić information content (AvgIpc) is 3.31. The van der Waals surface area contributed by atoms with E-state index in [1.54, 1.807) is 6.20 Å². The maximum atomic E-state index is 11.1. The van der Waals surface area contributed by atoms with Crippen LogP contribution in [-0.4, -0.2) is 22.3 Å². The van der Waals surface area contributed by atoms with Crippen LogP contribution >= 0.6 is 11.8 Å². The van der Waals surface area contributed by atoms with E-state index in [9.17, 15) is 4.79 Å². The molecule has 3 rings (SSSR count). The van der Waals surface area contributed by atoms with Gasteiger partial charge in [-0.25, -0.2) is 9.78 Å². The van der Waals surface area contributed by atoms with E-state index in [-0.39, 0.29) is 5.69 Å². The minimum Gasteiger partial charge on any atom is -0.476 e. The van der Waals surface area contributed by atoms with Gasteiger partial charge in [-0.3, -0.25) is 0 Å². The normalized spacial score (nSPS) is 14.2. The van der Waals surface area contributed by atoms with Gasteiger partial charge in [-0.1, -0.05) is 24.3 Å². The Balaban J connectivity index is 1.94. The molecular formula is C16H15NO2S. The fraction of sp³-hybridized carbons (Fsp3) is 0.250. The number of hydrogen-bond acceptors (Lipinski definition) is 3. The first-order valence-electron chi connectivity index (χ1n) is 6.56. The highest BCUT2D eigenvalue weighted by Crippen LogP contribution is 2.40. The fourth-order valence-corrected chi connectivity index (χ4v) is 2.86. The summed E-state index contributed by atoms with van der Waals surface area (Å²) < 4.78 is 0.